The highest BCUT2D eigenvalue weighted by molar-refractivity contribution is 5.45. The van der Waals surface area contributed by atoms with E-state index in [1.807, 2.05) is 11.7 Å². The van der Waals surface area contributed by atoms with E-state index in [-0.39, 0.29) is 0 Å². The Morgan fingerprint density at radius 2 is 2.00 bits per heavy atom. The van der Waals surface area contributed by atoms with E-state index in [1.54, 1.807) is 0 Å². The quantitative estimate of drug-likeness (QED) is 0.795. The Kier molecular flexibility index (Phi) is 3.86. The van der Waals surface area contributed by atoms with Crippen LogP contribution in [0, 0.1) is 12.8 Å². The fourth-order valence-corrected chi connectivity index (χ4v) is 2.60. The molecule has 0 bridgehead atoms. The summed E-state index contributed by atoms with van der Waals surface area (Å²) in [6.45, 7) is 3.18. The van der Waals surface area contributed by atoms with E-state index in [1.165, 1.54) is 44.2 Å². The molecule has 1 fully saturated rings. The van der Waals surface area contributed by atoms with Gasteiger partial charge in [0.1, 0.15) is 0 Å². The Morgan fingerprint density at radius 1 is 1.31 bits per heavy atom. The summed E-state index contributed by atoms with van der Waals surface area (Å²) in [6, 6.07) is 0. The van der Waals surface area contributed by atoms with Crippen molar-refractivity contribution in [2.75, 3.05) is 11.9 Å². The van der Waals surface area contributed by atoms with Crippen LogP contribution in [0.1, 0.15) is 44.2 Å². The largest absolute Gasteiger partial charge is 0.382 e. The van der Waals surface area contributed by atoms with Crippen molar-refractivity contribution in [1.29, 1.82) is 0 Å². The molecule has 1 saturated carbocycles. The summed E-state index contributed by atoms with van der Waals surface area (Å²) in [5.41, 5.74) is 2.31. The smallest absolute Gasteiger partial charge is 0.0824 e. The summed E-state index contributed by atoms with van der Waals surface area (Å²) in [7, 11) is 1.98. The predicted molar refractivity (Wildman–Crippen MR) is 67.6 cm³/mol. The Hall–Kier alpha value is -0.990. The van der Waals surface area contributed by atoms with Crippen molar-refractivity contribution in [3.63, 3.8) is 0 Å². The summed E-state index contributed by atoms with van der Waals surface area (Å²) in [5, 5.41) is 7.90. The van der Waals surface area contributed by atoms with Crippen molar-refractivity contribution in [3.05, 3.63) is 11.9 Å². The zero-order chi connectivity index (χ0) is 11.4. The van der Waals surface area contributed by atoms with Gasteiger partial charge in [0.25, 0.3) is 0 Å². The molecular formula is C13H23N3. The number of hydrogen-bond acceptors (Lipinski definition) is 2. The molecule has 3 nitrogen and oxygen atoms in total. The number of anilines is 1. The van der Waals surface area contributed by atoms with Crippen LogP contribution in [-0.2, 0) is 7.05 Å². The maximum atomic E-state index is 4.35. The molecule has 16 heavy (non-hydrogen) atoms. The van der Waals surface area contributed by atoms with Gasteiger partial charge in [0, 0.05) is 19.8 Å². The Labute approximate surface area is 98.2 Å². The van der Waals surface area contributed by atoms with Crippen molar-refractivity contribution >= 4 is 5.69 Å². The molecular weight excluding hydrogens is 198 g/mol. The molecule has 0 spiro atoms. The fourth-order valence-electron chi connectivity index (χ4n) is 2.60. The first-order chi connectivity index (χ1) is 7.75. The van der Waals surface area contributed by atoms with Gasteiger partial charge in [-0.3, -0.25) is 4.68 Å². The van der Waals surface area contributed by atoms with Crippen LogP contribution in [0.15, 0.2) is 6.20 Å². The molecule has 1 aromatic heterocycles. The van der Waals surface area contributed by atoms with E-state index in [2.05, 4.69) is 23.5 Å². The normalized spacial score (nSPS) is 18.4. The van der Waals surface area contributed by atoms with Crippen molar-refractivity contribution in [1.82, 2.24) is 9.78 Å². The van der Waals surface area contributed by atoms with Gasteiger partial charge in [0.15, 0.2) is 0 Å². The minimum atomic E-state index is 0.863. The number of aromatic nitrogens is 2. The van der Waals surface area contributed by atoms with Crippen molar-refractivity contribution in [3.8, 4) is 0 Å². The average molecular weight is 221 g/mol. The molecule has 0 saturated heterocycles. The predicted octanol–water partition coefficient (Wildman–Crippen LogP) is 3.11. The molecule has 1 N–H and O–H groups in total. The third-order valence-electron chi connectivity index (χ3n) is 3.57. The first kappa shape index (κ1) is 11.5. The van der Waals surface area contributed by atoms with Crippen LogP contribution in [0.4, 0.5) is 5.69 Å². The van der Waals surface area contributed by atoms with Gasteiger partial charge in [-0.05, 0) is 25.7 Å². The highest BCUT2D eigenvalue weighted by Crippen LogP contribution is 2.23. The summed E-state index contributed by atoms with van der Waals surface area (Å²) in [4.78, 5) is 0. The van der Waals surface area contributed by atoms with Crippen LogP contribution in [0.5, 0.6) is 0 Å². The van der Waals surface area contributed by atoms with Crippen LogP contribution < -0.4 is 5.32 Å². The Morgan fingerprint density at radius 3 is 2.56 bits per heavy atom. The van der Waals surface area contributed by atoms with Gasteiger partial charge in [-0.15, -0.1) is 0 Å². The first-order valence-corrected chi connectivity index (χ1v) is 6.50. The molecule has 2 rings (SSSR count). The zero-order valence-electron chi connectivity index (χ0n) is 10.5. The second kappa shape index (κ2) is 5.37. The van der Waals surface area contributed by atoms with Crippen LogP contribution in [0.25, 0.3) is 0 Å². The lowest BCUT2D eigenvalue weighted by Crippen LogP contribution is -2.13. The third-order valence-corrected chi connectivity index (χ3v) is 3.57. The van der Waals surface area contributed by atoms with Gasteiger partial charge >= 0.3 is 0 Å². The molecule has 1 aromatic rings. The van der Waals surface area contributed by atoms with Gasteiger partial charge in [-0.1, -0.05) is 25.7 Å². The topological polar surface area (TPSA) is 29.9 Å². The fraction of sp³-hybridized carbons (Fsp3) is 0.769. The highest BCUT2D eigenvalue weighted by Gasteiger charge is 2.12. The third kappa shape index (κ3) is 3.00. The van der Waals surface area contributed by atoms with E-state index >= 15 is 0 Å². The maximum absolute atomic E-state index is 4.35. The molecule has 1 aliphatic rings. The average Bonchev–Trinajstić information content (AvgIpc) is 2.48. The molecule has 0 amide bonds. The van der Waals surface area contributed by atoms with Crippen molar-refractivity contribution in [2.24, 2.45) is 13.0 Å². The van der Waals surface area contributed by atoms with Gasteiger partial charge in [-0.2, -0.15) is 5.10 Å². The molecule has 1 heterocycles. The van der Waals surface area contributed by atoms with E-state index in [0.717, 1.165) is 18.2 Å². The first-order valence-electron chi connectivity index (χ1n) is 6.50. The number of nitrogens with one attached hydrogen (secondary N) is 1. The van der Waals surface area contributed by atoms with Crippen molar-refractivity contribution < 1.29 is 0 Å². The van der Waals surface area contributed by atoms with Gasteiger partial charge in [0.2, 0.25) is 0 Å². The molecule has 0 atom stereocenters. The van der Waals surface area contributed by atoms with Crippen LogP contribution in [-0.4, -0.2) is 16.3 Å². The Bertz CT molecular complexity index is 322. The molecule has 0 radical (unpaired) electrons. The number of hydrogen-bond donors (Lipinski definition) is 1. The SMILES string of the molecule is Cc1nn(C)cc1NCC1CCCCCC1. The van der Waals surface area contributed by atoms with E-state index in [9.17, 15) is 0 Å². The van der Waals surface area contributed by atoms with E-state index in [0.29, 0.717) is 0 Å². The zero-order valence-corrected chi connectivity index (χ0v) is 10.5. The number of rotatable bonds is 3. The summed E-state index contributed by atoms with van der Waals surface area (Å²) in [5.74, 6) is 0.863. The van der Waals surface area contributed by atoms with Crippen LogP contribution in [0.2, 0.25) is 0 Å². The lowest BCUT2D eigenvalue weighted by atomic mass is 10.0. The number of aryl methyl sites for hydroxylation is 2. The van der Waals surface area contributed by atoms with Gasteiger partial charge in [0.05, 0.1) is 11.4 Å². The second-order valence-electron chi connectivity index (χ2n) is 5.04. The standard InChI is InChI=1S/C13H23N3/c1-11-13(10-16(2)15-11)14-9-12-7-5-3-4-6-8-12/h10,12,14H,3-9H2,1-2H3. The number of nitrogens with zero attached hydrogens (tertiary/aromatic N) is 2. The van der Waals surface area contributed by atoms with E-state index < -0.39 is 0 Å². The molecule has 0 aromatic carbocycles. The lowest BCUT2D eigenvalue weighted by Gasteiger charge is -2.14. The molecule has 1 aliphatic carbocycles. The summed E-state index contributed by atoms with van der Waals surface area (Å²) in [6.07, 6.45) is 10.6. The molecule has 90 valence electrons. The second-order valence-corrected chi connectivity index (χ2v) is 5.04. The monoisotopic (exact) mass is 221 g/mol. The maximum Gasteiger partial charge on any atom is 0.0824 e. The molecule has 0 aliphatic heterocycles. The minimum Gasteiger partial charge on any atom is -0.382 e. The van der Waals surface area contributed by atoms with E-state index in [4.69, 9.17) is 0 Å². The molecule has 0 unspecified atom stereocenters. The van der Waals surface area contributed by atoms with Gasteiger partial charge < -0.3 is 5.32 Å². The molecule has 3 heteroatoms. The minimum absolute atomic E-state index is 0.863. The Balaban J connectivity index is 1.84. The summed E-state index contributed by atoms with van der Waals surface area (Å²) >= 11 is 0. The van der Waals surface area contributed by atoms with Crippen molar-refractivity contribution in [2.45, 2.75) is 45.4 Å². The lowest BCUT2D eigenvalue weighted by molar-refractivity contribution is 0.483. The summed E-state index contributed by atoms with van der Waals surface area (Å²) < 4.78 is 1.88. The van der Waals surface area contributed by atoms with Crippen LogP contribution >= 0.6 is 0 Å². The highest BCUT2D eigenvalue weighted by atomic mass is 15.3. The van der Waals surface area contributed by atoms with Crippen LogP contribution in [0.3, 0.4) is 0 Å². The van der Waals surface area contributed by atoms with Gasteiger partial charge in [-0.25, -0.2) is 0 Å².